The van der Waals surface area contributed by atoms with E-state index >= 15 is 0 Å². The van der Waals surface area contributed by atoms with Crippen LogP contribution in [-0.2, 0) is 18.6 Å². The van der Waals surface area contributed by atoms with Crippen LogP contribution in [-0.4, -0.2) is 64.0 Å². The molecule has 6 N–H and O–H groups in total. The number of nitrogens with one attached hydrogen (secondary N) is 3. The molecule has 270 valence electrons. The molecule has 4 heterocycles. The van der Waals surface area contributed by atoms with Crippen LogP contribution in [0.1, 0.15) is 46.8 Å². The normalized spacial score (nSPS) is 19.9. The number of carboxylic acid groups (broad SMARTS) is 1. The summed E-state index contributed by atoms with van der Waals surface area (Å²) in [7, 11) is 0. The molecule has 0 aliphatic carbocycles. The van der Waals surface area contributed by atoms with Gasteiger partial charge >= 0.3 is 6.09 Å². The second kappa shape index (κ2) is 15.2. The highest BCUT2D eigenvalue weighted by molar-refractivity contribution is 5.87. The number of nitrogens with zero attached hydrogens (tertiary/aromatic N) is 1. The van der Waals surface area contributed by atoms with Gasteiger partial charge in [0.05, 0.1) is 17.2 Å². The topological polar surface area (TPSA) is 147 Å². The van der Waals surface area contributed by atoms with E-state index in [0.29, 0.717) is 59.5 Å². The first-order valence-corrected chi connectivity index (χ1v) is 17.7. The van der Waals surface area contributed by atoms with E-state index in [4.69, 9.17) is 4.74 Å². The van der Waals surface area contributed by atoms with Gasteiger partial charge in [-0.1, -0.05) is 54.6 Å². The van der Waals surface area contributed by atoms with Crippen LogP contribution >= 0.6 is 0 Å². The van der Waals surface area contributed by atoms with E-state index < -0.39 is 23.6 Å². The van der Waals surface area contributed by atoms with Crippen molar-refractivity contribution in [3.63, 3.8) is 0 Å². The number of carbonyl (C=O) groups is 1. The van der Waals surface area contributed by atoms with Crippen LogP contribution in [0, 0.1) is 17.7 Å². The van der Waals surface area contributed by atoms with Crippen molar-refractivity contribution in [3.05, 3.63) is 141 Å². The average molecular weight is 707 g/mol. The summed E-state index contributed by atoms with van der Waals surface area (Å²) in [6.07, 6.45) is 0.616. The maximum atomic E-state index is 14.8. The van der Waals surface area contributed by atoms with Crippen molar-refractivity contribution in [2.45, 2.75) is 37.5 Å². The van der Waals surface area contributed by atoms with Gasteiger partial charge in [0.15, 0.2) is 0 Å². The molecule has 1 aromatic heterocycles. The van der Waals surface area contributed by atoms with Gasteiger partial charge in [0.2, 0.25) is 5.56 Å². The summed E-state index contributed by atoms with van der Waals surface area (Å²) >= 11 is 0. The van der Waals surface area contributed by atoms with E-state index in [1.807, 2.05) is 48.5 Å². The molecule has 8 rings (SSSR count). The summed E-state index contributed by atoms with van der Waals surface area (Å²) in [5.41, 5.74) is 2.74. The molecule has 3 saturated heterocycles. The maximum Gasteiger partial charge on any atom is 0.405 e. The number of amides is 1. The number of hydrogen-bond acceptors (Lipinski definition) is 7. The number of piperidine rings is 3. The van der Waals surface area contributed by atoms with Crippen LogP contribution in [0.2, 0.25) is 0 Å². The Bertz CT molecular complexity index is 2120. The monoisotopic (exact) mass is 706 g/mol. The molecule has 3 aliphatic heterocycles. The zero-order valence-electron chi connectivity index (χ0n) is 28.7. The van der Waals surface area contributed by atoms with Gasteiger partial charge < -0.3 is 40.6 Å². The van der Waals surface area contributed by atoms with Gasteiger partial charge in [-0.2, -0.15) is 0 Å². The molecule has 0 radical (unpaired) electrons. The number of rotatable bonds is 13. The van der Waals surface area contributed by atoms with E-state index in [1.54, 1.807) is 18.2 Å². The minimum atomic E-state index is -1.17. The number of hydrogen-bond donors (Lipinski definition) is 6. The van der Waals surface area contributed by atoms with Gasteiger partial charge in [0.25, 0.3) is 0 Å². The molecular weight excluding hydrogens is 663 g/mol. The summed E-state index contributed by atoms with van der Waals surface area (Å²) in [5.74, 6) is 0.298. The number of aromatic amines is 1. The summed E-state index contributed by atoms with van der Waals surface area (Å²) in [4.78, 5) is 29.2. The number of pyridine rings is 1. The Labute approximate surface area is 300 Å². The fourth-order valence-corrected chi connectivity index (χ4v) is 8.19. The van der Waals surface area contributed by atoms with Gasteiger partial charge in [-0.25, -0.2) is 9.18 Å². The molecule has 4 aromatic carbocycles. The molecule has 0 saturated carbocycles. The lowest BCUT2D eigenvalue weighted by Gasteiger charge is -2.53. The van der Waals surface area contributed by atoms with Crippen molar-refractivity contribution in [1.29, 1.82) is 0 Å². The van der Waals surface area contributed by atoms with Crippen LogP contribution in [0.3, 0.4) is 0 Å². The highest BCUT2D eigenvalue weighted by Gasteiger charge is 2.51. The molecule has 52 heavy (non-hydrogen) atoms. The summed E-state index contributed by atoms with van der Waals surface area (Å²) in [6, 6.07) is 27.9. The molecule has 3 fully saturated rings. The molecule has 0 spiro atoms. The summed E-state index contributed by atoms with van der Waals surface area (Å²) < 4.78 is 21.1. The van der Waals surface area contributed by atoms with E-state index in [9.17, 15) is 29.3 Å². The lowest BCUT2D eigenvalue weighted by Crippen LogP contribution is -2.61. The average Bonchev–Trinajstić information content (AvgIpc) is 3.15. The number of halogens is 1. The second-order valence-corrected chi connectivity index (χ2v) is 13.9. The Morgan fingerprint density at radius 1 is 0.962 bits per heavy atom. The fourth-order valence-electron chi connectivity index (χ4n) is 8.19. The van der Waals surface area contributed by atoms with Gasteiger partial charge in [-0.15, -0.1) is 0 Å². The highest BCUT2D eigenvalue weighted by Crippen LogP contribution is 2.48. The standard InChI is InChI=1S/C41H43FN4O6/c42-31-8-2-6-29(21-31)41(45-40(50)51,35-24-46-18-15-28(35)16-19-46)30-7-3-9-32(22-30)52-25-27-5-1-4-26(20-27)14-17-43-23-37(48)33-10-12-36(47)39-34(33)11-13-38(49)44-39/h1-13,20-22,28,35,37,43,45,47-48H,14-19,23-25H2,(H,44,49)(H,50,51). The van der Waals surface area contributed by atoms with E-state index in [2.05, 4.69) is 26.6 Å². The maximum absolute atomic E-state index is 14.8. The van der Waals surface area contributed by atoms with Crippen LogP contribution in [0.25, 0.3) is 10.9 Å². The van der Waals surface area contributed by atoms with E-state index in [1.165, 1.54) is 24.3 Å². The zero-order chi connectivity index (χ0) is 36.2. The van der Waals surface area contributed by atoms with Crippen LogP contribution in [0.5, 0.6) is 11.5 Å². The Balaban J connectivity index is 1.03. The number of aromatic hydroxyl groups is 1. The van der Waals surface area contributed by atoms with Crippen LogP contribution in [0.15, 0.2) is 102 Å². The lowest BCUT2D eigenvalue weighted by molar-refractivity contribution is 0.00708. The van der Waals surface area contributed by atoms with Crippen molar-refractivity contribution in [2.24, 2.45) is 11.8 Å². The Morgan fingerprint density at radius 2 is 1.71 bits per heavy atom. The fraction of sp³-hybridized carbons (Fsp3) is 0.317. The lowest BCUT2D eigenvalue weighted by atomic mass is 9.63. The van der Waals surface area contributed by atoms with Crippen LogP contribution < -0.4 is 20.9 Å². The molecule has 11 heteroatoms. The first-order valence-electron chi connectivity index (χ1n) is 17.7. The molecular formula is C41H43FN4O6. The van der Waals surface area contributed by atoms with Crippen molar-refractivity contribution < 1.29 is 29.2 Å². The number of H-pyrrole nitrogens is 1. The van der Waals surface area contributed by atoms with Crippen molar-refractivity contribution in [2.75, 3.05) is 32.7 Å². The molecule has 5 aromatic rings. The van der Waals surface area contributed by atoms with E-state index in [-0.39, 0.29) is 29.7 Å². The first kappa shape index (κ1) is 35.2. The largest absolute Gasteiger partial charge is 0.506 e. The molecule has 2 bridgehead atoms. The molecule has 1 amide bonds. The summed E-state index contributed by atoms with van der Waals surface area (Å²) in [5, 5.41) is 38.0. The third-order valence-electron chi connectivity index (χ3n) is 10.7. The predicted octanol–water partition coefficient (Wildman–Crippen LogP) is 5.67. The van der Waals surface area contributed by atoms with E-state index in [0.717, 1.165) is 37.1 Å². The molecule has 3 atom stereocenters. The number of ether oxygens (including phenoxy) is 1. The minimum Gasteiger partial charge on any atom is -0.506 e. The second-order valence-electron chi connectivity index (χ2n) is 13.9. The third kappa shape index (κ3) is 7.38. The first-order chi connectivity index (χ1) is 25.2. The van der Waals surface area contributed by atoms with Crippen molar-refractivity contribution >= 4 is 17.0 Å². The van der Waals surface area contributed by atoms with Gasteiger partial charge in [-0.3, -0.25) is 4.79 Å². The number of aromatic nitrogens is 1. The smallest absolute Gasteiger partial charge is 0.405 e. The quantitative estimate of drug-likeness (QED) is 0.0859. The van der Waals surface area contributed by atoms with Crippen molar-refractivity contribution in [3.8, 4) is 11.5 Å². The zero-order valence-corrected chi connectivity index (χ0v) is 28.7. The predicted molar refractivity (Wildman–Crippen MR) is 196 cm³/mol. The van der Waals surface area contributed by atoms with Gasteiger partial charge in [-0.05, 0) is 109 Å². The summed E-state index contributed by atoms with van der Waals surface area (Å²) in [6.45, 7) is 3.85. The SMILES string of the molecule is O=C(O)NC(c1cccc(F)c1)(c1cccc(OCc2cccc(CCNCC(O)c3ccc(O)c4[nH]c(=O)ccc34)c2)c1)C1CN2CCC1CC2. The number of phenolic OH excluding ortho intramolecular Hbond substituents is 1. The molecule has 3 aliphatic rings. The number of aliphatic hydroxyl groups excluding tert-OH is 1. The van der Waals surface area contributed by atoms with Gasteiger partial charge in [0.1, 0.15) is 23.9 Å². The number of aliphatic hydroxyl groups is 1. The van der Waals surface area contributed by atoms with Crippen LogP contribution in [0.4, 0.5) is 9.18 Å². The minimum absolute atomic E-state index is 0.0511. The third-order valence-corrected chi connectivity index (χ3v) is 10.7. The molecule has 10 nitrogen and oxygen atoms in total. The van der Waals surface area contributed by atoms with Gasteiger partial charge in [0, 0.05) is 30.5 Å². The highest BCUT2D eigenvalue weighted by atomic mass is 19.1. The number of benzene rings is 4. The Morgan fingerprint density at radius 3 is 2.46 bits per heavy atom. The molecule has 3 unspecified atom stereocenters. The number of phenols is 1. The Kier molecular flexibility index (Phi) is 10.3. The van der Waals surface area contributed by atoms with Crippen molar-refractivity contribution in [1.82, 2.24) is 20.5 Å². The Hall–Kier alpha value is -5.23. The number of fused-ring (bicyclic) bond motifs is 4.